The lowest BCUT2D eigenvalue weighted by molar-refractivity contribution is -0.387. The van der Waals surface area contributed by atoms with Crippen LogP contribution in [0, 0.1) is 28.4 Å². The van der Waals surface area contributed by atoms with Crippen molar-refractivity contribution in [3.63, 3.8) is 0 Å². The van der Waals surface area contributed by atoms with E-state index in [4.69, 9.17) is 11.6 Å². The van der Waals surface area contributed by atoms with Gasteiger partial charge in [0.25, 0.3) is 11.6 Å². The van der Waals surface area contributed by atoms with E-state index in [9.17, 15) is 33.3 Å². The molecular weight excluding hydrogens is 503 g/mol. The van der Waals surface area contributed by atoms with Crippen molar-refractivity contribution in [1.82, 2.24) is 0 Å². The molecule has 35 heavy (non-hydrogen) atoms. The Morgan fingerprint density at radius 2 is 1.83 bits per heavy atom. The first kappa shape index (κ1) is 25.8. The summed E-state index contributed by atoms with van der Waals surface area (Å²) >= 11 is 7.07. The number of rotatable bonds is 6. The Hall–Kier alpha value is -3.81. The number of nitro groups is 1. The standard InChI is InChI=1S/C24H15ClF3N3O3S/c1-14-2-6-18(7-3-14)35-22-9-4-15(11-21(22)31(33)34)10-16(13-29)23(32)30-20-12-17(24(26,27)28)5-8-19(20)25/h2-12H,1H3,(H,30,32). The van der Waals surface area contributed by atoms with E-state index in [-0.39, 0.29) is 22.0 Å². The molecule has 0 saturated carbocycles. The Kier molecular flexibility index (Phi) is 7.84. The summed E-state index contributed by atoms with van der Waals surface area (Å²) in [4.78, 5) is 24.7. The highest BCUT2D eigenvalue weighted by molar-refractivity contribution is 7.99. The smallest absolute Gasteiger partial charge is 0.320 e. The molecule has 3 aromatic carbocycles. The molecule has 11 heteroatoms. The van der Waals surface area contributed by atoms with E-state index in [2.05, 4.69) is 5.32 Å². The minimum atomic E-state index is -4.66. The largest absolute Gasteiger partial charge is 0.416 e. The maximum absolute atomic E-state index is 13.0. The molecule has 0 aliphatic carbocycles. The molecule has 0 bridgehead atoms. The molecule has 0 fully saturated rings. The van der Waals surface area contributed by atoms with E-state index in [0.29, 0.717) is 11.0 Å². The quantitative estimate of drug-likeness (QED) is 0.160. The number of alkyl halides is 3. The van der Waals surface area contributed by atoms with Crippen LogP contribution in [0.25, 0.3) is 6.08 Å². The Bertz CT molecular complexity index is 1370. The number of anilines is 1. The van der Waals surface area contributed by atoms with E-state index in [1.54, 1.807) is 6.07 Å². The third kappa shape index (κ3) is 6.62. The van der Waals surface area contributed by atoms with E-state index < -0.39 is 28.1 Å². The zero-order valence-electron chi connectivity index (χ0n) is 17.9. The Morgan fingerprint density at radius 1 is 1.14 bits per heavy atom. The molecule has 0 aliphatic rings. The lowest BCUT2D eigenvalue weighted by Crippen LogP contribution is -2.15. The molecule has 0 radical (unpaired) electrons. The monoisotopic (exact) mass is 517 g/mol. The Morgan fingerprint density at radius 3 is 2.43 bits per heavy atom. The zero-order valence-corrected chi connectivity index (χ0v) is 19.5. The van der Waals surface area contributed by atoms with Gasteiger partial charge in [-0.25, -0.2) is 0 Å². The number of amides is 1. The molecule has 6 nitrogen and oxygen atoms in total. The zero-order chi connectivity index (χ0) is 25.8. The number of hydrogen-bond acceptors (Lipinski definition) is 5. The van der Waals surface area contributed by atoms with Crippen LogP contribution >= 0.6 is 23.4 Å². The van der Waals surface area contributed by atoms with Crippen LogP contribution in [0.2, 0.25) is 5.02 Å². The number of carbonyl (C=O) groups is 1. The van der Waals surface area contributed by atoms with Crippen molar-refractivity contribution >= 4 is 46.7 Å². The highest BCUT2D eigenvalue weighted by Crippen LogP contribution is 2.36. The summed E-state index contributed by atoms with van der Waals surface area (Å²) in [5.41, 5.74) is -0.847. The van der Waals surface area contributed by atoms with E-state index >= 15 is 0 Å². The summed E-state index contributed by atoms with van der Waals surface area (Å²) < 4.78 is 38.9. The predicted octanol–water partition coefficient (Wildman–Crippen LogP) is 7.27. The maximum atomic E-state index is 13.0. The second kappa shape index (κ2) is 10.6. The minimum absolute atomic E-state index is 0.156. The maximum Gasteiger partial charge on any atom is 0.416 e. The number of hydrogen-bond donors (Lipinski definition) is 1. The molecule has 1 N–H and O–H groups in total. The van der Waals surface area contributed by atoms with Gasteiger partial charge in [0.1, 0.15) is 11.6 Å². The van der Waals surface area contributed by atoms with E-state index in [1.165, 1.54) is 30.0 Å². The van der Waals surface area contributed by atoms with Gasteiger partial charge < -0.3 is 5.32 Å². The molecule has 178 valence electrons. The first-order chi connectivity index (χ1) is 16.5. The molecule has 0 spiro atoms. The Balaban J connectivity index is 1.88. The van der Waals surface area contributed by atoms with Crippen molar-refractivity contribution in [2.24, 2.45) is 0 Å². The number of halogens is 4. The highest BCUT2D eigenvalue weighted by atomic mass is 35.5. The molecule has 1 amide bonds. The van der Waals surface area contributed by atoms with Crippen LogP contribution in [0.1, 0.15) is 16.7 Å². The topological polar surface area (TPSA) is 96.0 Å². The van der Waals surface area contributed by atoms with Gasteiger partial charge in [0.05, 0.1) is 26.1 Å². The fourth-order valence-electron chi connectivity index (χ4n) is 2.89. The molecule has 0 atom stereocenters. The van der Waals surface area contributed by atoms with Gasteiger partial charge in [-0.2, -0.15) is 18.4 Å². The van der Waals surface area contributed by atoms with Crippen LogP contribution in [0.3, 0.4) is 0 Å². The van der Waals surface area contributed by atoms with Gasteiger partial charge in [-0.3, -0.25) is 14.9 Å². The van der Waals surface area contributed by atoms with Gasteiger partial charge >= 0.3 is 6.18 Å². The summed E-state index contributed by atoms with van der Waals surface area (Å²) in [5, 5.41) is 23.1. The minimum Gasteiger partial charge on any atom is -0.320 e. The summed E-state index contributed by atoms with van der Waals surface area (Å²) in [6.45, 7) is 1.92. The van der Waals surface area contributed by atoms with Crippen LogP contribution < -0.4 is 5.32 Å². The van der Waals surface area contributed by atoms with Crippen LogP contribution in [-0.2, 0) is 11.0 Å². The fraction of sp³-hybridized carbons (Fsp3) is 0.0833. The number of nitrogens with one attached hydrogen (secondary N) is 1. The van der Waals surface area contributed by atoms with Crippen molar-refractivity contribution in [3.8, 4) is 6.07 Å². The van der Waals surface area contributed by atoms with E-state index in [1.807, 2.05) is 31.2 Å². The van der Waals surface area contributed by atoms with Gasteiger partial charge in [0, 0.05) is 11.0 Å². The van der Waals surface area contributed by atoms with Gasteiger partial charge in [-0.15, -0.1) is 0 Å². The van der Waals surface area contributed by atoms with Crippen molar-refractivity contribution in [2.75, 3.05) is 5.32 Å². The number of nitro benzene ring substituents is 1. The Labute approximate surface area is 207 Å². The van der Waals surface area contributed by atoms with Crippen LogP contribution in [0.4, 0.5) is 24.5 Å². The van der Waals surface area contributed by atoms with Crippen LogP contribution in [-0.4, -0.2) is 10.8 Å². The third-order valence-corrected chi connectivity index (χ3v) is 6.05. The lowest BCUT2D eigenvalue weighted by Gasteiger charge is -2.11. The third-order valence-electron chi connectivity index (χ3n) is 4.65. The van der Waals surface area contributed by atoms with Gasteiger partial charge in [0.2, 0.25) is 0 Å². The summed E-state index contributed by atoms with van der Waals surface area (Å²) in [6.07, 6.45) is -3.56. The average Bonchev–Trinajstić information content (AvgIpc) is 2.80. The summed E-state index contributed by atoms with van der Waals surface area (Å²) in [6, 6.07) is 15.6. The van der Waals surface area contributed by atoms with Crippen LogP contribution in [0.15, 0.2) is 76.0 Å². The van der Waals surface area contributed by atoms with Crippen molar-refractivity contribution in [2.45, 2.75) is 22.9 Å². The van der Waals surface area contributed by atoms with Gasteiger partial charge in [-0.1, -0.05) is 47.1 Å². The summed E-state index contributed by atoms with van der Waals surface area (Å²) in [5.74, 6) is -1.02. The first-order valence-corrected chi connectivity index (χ1v) is 11.0. The predicted molar refractivity (Wildman–Crippen MR) is 127 cm³/mol. The van der Waals surface area contributed by atoms with Gasteiger partial charge in [-0.05, 0) is 55.0 Å². The average molecular weight is 518 g/mol. The SMILES string of the molecule is Cc1ccc(Sc2ccc(C=C(C#N)C(=O)Nc3cc(C(F)(F)F)ccc3Cl)cc2[N+](=O)[O-])cc1. The van der Waals surface area contributed by atoms with Crippen molar-refractivity contribution in [3.05, 3.63) is 98.1 Å². The fourth-order valence-corrected chi connectivity index (χ4v) is 3.95. The summed E-state index contributed by atoms with van der Waals surface area (Å²) in [7, 11) is 0. The first-order valence-electron chi connectivity index (χ1n) is 9.81. The molecule has 3 aromatic rings. The highest BCUT2D eigenvalue weighted by Gasteiger charge is 2.31. The second-order valence-electron chi connectivity index (χ2n) is 7.22. The number of aryl methyl sites for hydroxylation is 1. The van der Waals surface area contributed by atoms with Crippen LogP contribution in [0.5, 0.6) is 0 Å². The molecule has 0 aromatic heterocycles. The van der Waals surface area contributed by atoms with E-state index in [0.717, 1.165) is 28.7 Å². The molecule has 0 saturated heterocycles. The molecule has 3 rings (SSSR count). The number of benzene rings is 3. The van der Waals surface area contributed by atoms with Gasteiger partial charge in [0.15, 0.2) is 0 Å². The lowest BCUT2D eigenvalue weighted by atomic mass is 10.1. The van der Waals surface area contributed by atoms with Crippen molar-refractivity contribution < 1.29 is 22.9 Å². The normalized spacial score (nSPS) is 11.6. The molecule has 0 unspecified atom stereocenters. The second-order valence-corrected chi connectivity index (χ2v) is 8.74. The number of nitriles is 1. The molecular formula is C24H15ClF3N3O3S. The molecule has 0 aliphatic heterocycles. The van der Waals surface area contributed by atoms with Crippen molar-refractivity contribution in [1.29, 1.82) is 5.26 Å². The number of nitrogens with zero attached hydrogens (tertiary/aromatic N) is 2. The number of carbonyl (C=O) groups excluding carboxylic acids is 1. The molecule has 0 heterocycles.